The van der Waals surface area contributed by atoms with Crippen LogP contribution >= 0.6 is 0 Å². The van der Waals surface area contributed by atoms with Crippen molar-refractivity contribution < 1.29 is 4.74 Å². The lowest BCUT2D eigenvalue weighted by Gasteiger charge is -2.37. The van der Waals surface area contributed by atoms with Crippen LogP contribution in [-0.4, -0.2) is 50.8 Å². The molecule has 1 heterocycles. The van der Waals surface area contributed by atoms with E-state index in [1.807, 2.05) is 0 Å². The first-order valence-electron chi connectivity index (χ1n) is 7.77. The van der Waals surface area contributed by atoms with E-state index in [0.29, 0.717) is 5.41 Å². The van der Waals surface area contributed by atoms with E-state index in [1.165, 1.54) is 38.8 Å². The van der Waals surface area contributed by atoms with Crippen molar-refractivity contribution in [2.24, 2.45) is 5.41 Å². The fourth-order valence-electron chi connectivity index (χ4n) is 2.74. The molecule has 0 spiro atoms. The molecule has 0 saturated carbocycles. The van der Waals surface area contributed by atoms with Crippen molar-refractivity contribution in [3.8, 4) is 0 Å². The Hall–Kier alpha value is -0.120. The zero-order chi connectivity index (χ0) is 13.3. The third kappa shape index (κ3) is 5.25. The van der Waals surface area contributed by atoms with E-state index in [2.05, 4.69) is 31.0 Å². The van der Waals surface area contributed by atoms with Crippen molar-refractivity contribution >= 4 is 0 Å². The molecule has 0 unspecified atom stereocenters. The van der Waals surface area contributed by atoms with Crippen LogP contribution in [0.5, 0.6) is 0 Å². The molecule has 0 atom stereocenters. The van der Waals surface area contributed by atoms with Gasteiger partial charge in [0.1, 0.15) is 0 Å². The van der Waals surface area contributed by atoms with Crippen LogP contribution in [0.3, 0.4) is 0 Å². The molecule has 3 heteroatoms. The van der Waals surface area contributed by atoms with Gasteiger partial charge in [-0.15, -0.1) is 0 Å². The van der Waals surface area contributed by atoms with Crippen molar-refractivity contribution in [2.45, 2.75) is 46.5 Å². The van der Waals surface area contributed by atoms with Gasteiger partial charge in [-0.25, -0.2) is 0 Å². The van der Waals surface area contributed by atoms with E-state index in [1.54, 1.807) is 0 Å². The summed E-state index contributed by atoms with van der Waals surface area (Å²) in [7, 11) is 0. The van der Waals surface area contributed by atoms with E-state index in [9.17, 15) is 0 Å². The first-order valence-corrected chi connectivity index (χ1v) is 7.77. The monoisotopic (exact) mass is 256 g/mol. The zero-order valence-electron chi connectivity index (χ0n) is 12.6. The molecule has 0 bridgehead atoms. The fourth-order valence-corrected chi connectivity index (χ4v) is 2.74. The minimum Gasteiger partial charge on any atom is -0.380 e. The smallest absolute Gasteiger partial charge is 0.0593 e. The number of nitrogens with zero attached hydrogens (tertiary/aromatic N) is 1. The minimum atomic E-state index is 0.444. The first kappa shape index (κ1) is 15.9. The van der Waals surface area contributed by atoms with Crippen molar-refractivity contribution in [3.63, 3.8) is 0 Å². The van der Waals surface area contributed by atoms with Gasteiger partial charge in [-0.1, -0.05) is 20.8 Å². The summed E-state index contributed by atoms with van der Waals surface area (Å²) in [6.07, 6.45) is 4.93. The third-order valence-corrected chi connectivity index (χ3v) is 4.30. The predicted octanol–water partition coefficient (Wildman–Crippen LogP) is 2.51. The summed E-state index contributed by atoms with van der Waals surface area (Å²) in [5, 5.41) is 3.63. The van der Waals surface area contributed by atoms with Crippen molar-refractivity contribution in [3.05, 3.63) is 0 Å². The normalized spacial score (nSPS) is 18.8. The summed E-state index contributed by atoms with van der Waals surface area (Å²) in [6.45, 7) is 14.6. The van der Waals surface area contributed by atoms with E-state index < -0.39 is 0 Å². The van der Waals surface area contributed by atoms with E-state index in [4.69, 9.17) is 4.74 Å². The Labute approximate surface area is 113 Å². The molecular formula is C15H32N2O. The summed E-state index contributed by atoms with van der Waals surface area (Å²) < 4.78 is 5.55. The van der Waals surface area contributed by atoms with Gasteiger partial charge in [0.25, 0.3) is 0 Å². The summed E-state index contributed by atoms with van der Waals surface area (Å²) in [4.78, 5) is 2.60. The molecule has 1 rings (SSSR count). The maximum absolute atomic E-state index is 5.55. The van der Waals surface area contributed by atoms with Crippen LogP contribution in [0, 0.1) is 5.41 Å². The van der Waals surface area contributed by atoms with Gasteiger partial charge in [0, 0.05) is 32.8 Å². The molecule has 1 aliphatic heterocycles. The number of ether oxygens (including phenoxy) is 1. The van der Waals surface area contributed by atoms with Crippen LogP contribution in [0.25, 0.3) is 0 Å². The highest BCUT2D eigenvalue weighted by atomic mass is 16.5. The predicted molar refractivity (Wildman–Crippen MR) is 78.1 cm³/mol. The lowest BCUT2D eigenvalue weighted by atomic mass is 9.81. The number of hydrogen-bond donors (Lipinski definition) is 1. The van der Waals surface area contributed by atoms with Gasteiger partial charge in [-0.05, 0) is 37.6 Å². The average molecular weight is 256 g/mol. The average Bonchev–Trinajstić information content (AvgIpc) is 2.66. The Morgan fingerprint density at radius 1 is 1.11 bits per heavy atom. The van der Waals surface area contributed by atoms with Gasteiger partial charge in [0.2, 0.25) is 0 Å². The molecule has 0 aliphatic carbocycles. The van der Waals surface area contributed by atoms with Gasteiger partial charge in [0.15, 0.2) is 0 Å². The van der Waals surface area contributed by atoms with Crippen LogP contribution in [0.15, 0.2) is 0 Å². The number of hydrogen-bond acceptors (Lipinski definition) is 3. The largest absolute Gasteiger partial charge is 0.380 e. The summed E-state index contributed by atoms with van der Waals surface area (Å²) in [5.41, 5.74) is 0.444. The Morgan fingerprint density at radius 2 is 1.89 bits per heavy atom. The summed E-state index contributed by atoms with van der Waals surface area (Å²) >= 11 is 0. The highest BCUT2D eigenvalue weighted by Gasteiger charge is 2.28. The lowest BCUT2D eigenvalue weighted by molar-refractivity contribution is 0.115. The second kappa shape index (κ2) is 8.89. The molecule has 1 fully saturated rings. The van der Waals surface area contributed by atoms with Crippen LogP contribution in [0.4, 0.5) is 0 Å². The van der Waals surface area contributed by atoms with E-state index in [0.717, 1.165) is 32.8 Å². The molecule has 0 aromatic rings. The van der Waals surface area contributed by atoms with Crippen molar-refractivity contribution in [1.82, 2.24) is 10.2 Å². The van der Waals surface area contributed by atoms with Crippen LogP contribution in [0.1, 0.15) is 46.5 Å². The van der Waals surface area contributed by atoms with Crippen molar-refractivity contribution in [2.75, 3.05) is 45.9 Å². The molecule has 0 amide bonds. The van der Waals surface area contributed by atoms with E-state index in [-0.39, 0.29) is 0 Å². The second-order valence-corrected chi connectivity index (χ2v) is 5.63. The van der Waals surface area contributed by atoms with E-state index >= 15 is 0 Å². The number of rotatable bonds is 8. The van der Waals surface area contributed by atoms with Crippen molar-refractivity contribution in [1.29, 1.82) is 0 Å². The maximum Gasteiger partial charge on any atom is 0.0593 e. The maximum atomic E-state index is 5.55. The van der Waals surface area contributed by atoms with Crippen LogP contribution in [-0.2, 0) is 4.74 Å². The highest BCUT2D eigenvalue weighted by Crippen LogP contribution is 2.27. The molecule has 1 N–H and O–H groups in total. The molecule has 0 aromatic carbocycles. The van der Waals surface area contributed by atoms with Gasteiger partial charge >= 0.3 is 0 Å². The molecule has 0 aromatic heterocycles. The molecular weight excluding hydrogens is 224 g/mol. The second-order valence-electron chi connectivity index (χ2n) is 5.63. The van der Waals surface area contributed by atoms with Gasteiger partial charge in [-0.3, -0.25) is 0 Å². The minimum absolute atomic E-state index is 0.444. The summed E-state index contributed by atoms with van der Waals surface area (Å²) in [5.74, 6) is 0. The molecule has 18 heavy (non-hydrogen) atoms. The molecule has 1 aliphatic rings. The van der Waals surface area contributed by atoms with Gasteiger partial charge in [-0.2, -0.15) is 0 Å². The Kier molecular flexibility index (Phi) is 7.87. The number of nitrogens with one attached hydrogen (secondary N) is 1. The van der Waals surface area contributed by atoms with Gasteiger partial charge in [0.05, 0.1) is 6.61 Å². The summed E-state index contributed by atoms with van der Waals surface area (Å²) in [6, 6.07) is 0. The topological polar surface area (TPSA) is 24.5 Å². The van der Waals surface area contributed by atoms with Gasteiger partial charge < -0.3 is 15.0 Å². The van der Waals surface area contributed by atoms with Crippen LogP contribution in [0.2, 0.25) is 0 Å². The molecule has 0 radical (unpaired) electrons. The molecule has 1 saturated heterocycles. The first-order chi connectivity index (χ1) is 8.76. The molecule has 108 valence electrons. The Morgan fingerprint density at radius 3 is 2.56 bits per heavy atom. The quantitative estimate of drug-likeness (QED) is 0.675. The van der Waals surface area contributed by atoms with Crippen LogP contribution < -0.4 is 5.32 Å². The fraction of sp³-hybridized carbons (Fsp3) is 1.00. The zero-order valence-corrected chi connectivity index (χ0v) is 12.6. The Balaban J connectivity index is 2.47. The highest BCUT2D eigenvalue weighted by molar-refractivity contribution is 4.83. The molecule has 3 nitrogen and oxygen atoms in total. The SMILES string of the molecule is CCCNCC(CC)(CC)CN1CCCOCC1. The third-order valence-electron chi connectivity index (χ3n) is 4.30. The standard InChI is InChI=1S/C15H32N2O/c1-4-8-16-13-15(5-2,6-3)14-17-9-7-11-18-12-10-17/h16H,4-14H2,1-3H3. The lowest BCUT2D eigenvalue weighted by Crippen LogP contribution is -2.44. The Bertz CT molecular complexity index is 197.